The fourth-order valence-corrected chi connectivity index (χ4v) is 3.04. The molecule has 0 aliphatic carbocycles. The number of ether oxygens (including phenoxy) is 2. The molecular formula is C15H20FNO2. The van der Waals surface area contributed by atoms with Gasteiger partial charge in [-0.3, -0.25) is 0 Å². The normalized spacial score (nSPS) is 29.9. The van der Waals surface area contributed by atoms with E-state index in [0.29, 0.717) is 5.92 Å². The Labute approximate surface area is 113 Å². The third-order valence-corrected chi connectivity index (χ3v) is 4.03. The Morgan fingerprint density at radius 1 is 1.42 bits per heavy atom. The Kier molecular flexibility index (Phi) is 3.71. The van der Waals surface area contributed by atoms with Crippen LogP contribution in [0.2, 0.25) is 0 Å². The summed E-state index contributed by atoms with van der Waals surface area (Å²) in [5.74, 6) is 1.07. The van der Waals surface area contributed by atoms with E-state index < -0.39 is 0 Å². The van der Waals surface area contributed by atoms with Gasteiger partial charge in [0.05, 0.1) is 6.61 Å². The molecule has 3 atom stereocenters. The van der Waals surface area contributed by atoms with Gasteiger partial charge in [0.1, 0.15) is 17.7 Å². The average Bonchev–Trinajstić information content (AvgIpc) is 2.93. The molecule has 0 spiro atoms. The number of rotatable bonds is 3. The van der Waals surface area contributed by atoms with Gasteiger partial charge < -0.3 is 14.8 Å². The highest BCUT2D eigenvalue weighted by Crippen LogP contribution is 2.38. The van der Waals surface area contributed by atoms with Gasteiger partial charge >= 0.3 is 0 Å². The molecule has 0 bridgehead atoms. The van der Waals surface area contributed by atoms with Crippen LogP contribution in [0, 0.1) is 11.7 Å². The maximum absolute atomic E-state index is 13.4. The lowest BCUT2D eigenvalue weighted by Gasteiger charge is -2.35. The summed E-state index contributed by atoms with van der Waals surface area (Å²) < 4.78 is 24.9. The molecule has 2 aliphatic heterocycles. The number of nitrogens with one attached hydrogen (secondary N) is 1. The number of halogens is 1. The van der Waals surface area contributed by atoms with Crippen LogP contribution in [0.25, 0.3) is 0 Å². The van der Waals surface area contributed by atoms with Gasteiger partial charge in [-0.2, -0.15) is 0 Å². The minimum Gasteiger partial charge on any atom is -0.490 e. The third kappa shape index (κ3) is 2.60. The number of hydrogen-bond donors (Lipinski definition) is 1. The highest BCUT2D eigenvalue weighted by atomic mass is 19.1. The minimum absolute atomic E-state index is 0.171. The average molecular weight is 265 g/mol. The SMILES string of the molecule is CCNC1CC(C2CCOC2)Oc2ccc(F)cc21. The summed E-state index contributed by atoms with van der Waals surface area (Å²) >= 11 is 0. The van der Waals surface area contributed by atoms with Gasteiger partial charge in [-0.05, 0) is 31.2 Å². The van der Waals surface area contributed by atoms with Crippen LogP contribution >= 0.6 is 0 Å². The van der Waals surface area contributed by atoms with Gasteiger partial charge in [-0.1, -0.05) is 6.92 Å². The predicted octanol–water partition coefficient (Wildman–Crippen LogP) is 2.66. The molecule has 1 aromatic carbocycles. The van der Waals surface area contributed by atoms with Gasteiger partial charge in [0, 0.05) is 30.6 Å². The highest BCUT2D eigenvalue weighted by molar-refractivity contribution is 5.38. The van der Waals surface area contributed by atoms with Crippen molar-refractivity contribution in [3.05, 3.63) is 29.6 Å². The molecule has 4 heteroatoms. The Bertz CT molecular complexity index is 446. The van der Waals surface area contributed by atoms with E-state index in [2.05, 4.69) is 12.2 Å². The van der Waals surface area contributed by atoms with Crippen LogP contribution in [0.5, 0.6) is 5.75 Å². The second-order valence-corrected chi connectivity index (χ2v) is 5.31. The fraction of sp³-hybridized carbons (Fsp3) is 0.600. The van der Waals surface area contributed by atoms with Gasteiger partial charge in [0.15, 0.2) is 0 Å². The van der Waals surface area contributed by atoms with Gasteiger partial charge in [0.25, 0.3) is 0 Å². The monoisotopic (exact) mass is 265 g/mol. The van der Waals surface area contributed by atoms with Crippen molar-refractivity contribution < 1.29 is 13.9 Å². The first kappa shape index (κ1) is 12.9. The largest absolute Gasteiger partial charge is 0.490 e. The maximum Gasteiger partial charge on any atom is 0.124 e. The first-order valence-corrected chi connectivity index (χ1v) is 7.05. The lowest BCUT2D eigenvalue weighted by molar-refractivity contribution is 0.0802. The van der Waals surface area contributed by atoms with Crippen molar-refractivity contribution >= 4 is 0 Å². The topological polar surface area (TPSA) is 30.5 Å². The Morgan fingerprint density at radius 2 is 2.32 bits per heavy atom. The lowest BCUT2D eigenvalue weighted by Crippen LogP contribution is -2.37. The van der Waals surface area contributed by atoms with E-state index >= 15 is 0 Å². The molecular weight excluding hydrogens is 245 g/mol. The maximum atomic E-state index is 13.4. The zero-order chi connectivity index (χ0) is 13.2. The van der Waals surface area contributed by atoms with Crippen molar-refractivity contribution in [3.8, 4) is 5.75 Å². The Morgan fingerprint density at radius 3 is 3.05 bits per heavy atom. The van der Waals surface area contributed by atoms with E-state index in [4.69, 9.17) is 9.47 Å². The minimum atomic E-state index is -0.201. The highest BCUT2D eigenvalue weighted by Gasteiger charge is 2.35. The van der Waals surface area contributed by atoms with Gasteiger partial charge in [-0.15, -0.1) is 0 Å². The molecule has 1 aromatic rings. The molecule has 2 aliphatic rings. The van der Waals surface area contributed by atoms with Gasteiger partial charge in [0.2, 0.25) is 0 Å². The molecule has 2 heterocycles. The standard InChI is InChI=1S/C15H20FNO2/c1-2-17-13-8-15(10-5-6-18-9-10)19-14-4-3-11(16)7-12(13)14/h3-4,7,10,13,15,17H,2,5-6,8-9H2,1H3. The van der Waals surface area contributed by atoms with E-state index in [0.717, 1.165) is 43.9 Å². The smallest absolute Gasteiger partial charge is 0.124 e. The van der Waals surface area contributed by atoms with E-state index in [1.165, 1.54) is 6.07 Å². The van der Waals surface area contributed by atoms with Crippen molar-refractivity contribution in [2.45, 2.75) is 31.9 Å². The molecule has 19 heavy (non-hydrogen) atoms. The summed E-state index contributed by atoms with van der Waals surface area (Å²) in [6.07, 6.45) is 2.11. The van der Waals surface area contributed by atoms with Crippen LogP contribution in [-0.4, -0.2) is 25.9 Å². The summed E-state index contributed by atoms with van der Waals surface area (Å²) in [7, 11) is 0. The summed E-state index contributed by atoms with van der Waals surface area (Å²) in [5.41, 5.74) is 0.942. The molecule has 0 radical (unpaired) electrons. The third-order valence-electron chi connectivity index (χ3n) is 4.03. The molecule has 104 valence electrons. The second-order valence-electron chi connectivity index (χ2n) is 5.31. The van der Waals surface area contributed by atoms with E-state index in [-0.39, 0.29) is 18.0 Å². The van der Waals surface area contributed by atoms with Crippen LogP contribution in [0.1, 0.15) is 31.4 Å². The lowest BCUT2D eigenvalue weighted by atomic mass is 9.89. The van der Waals surface area contributed by atoms with E-state index in [9.17, 15) is 4.39 Å². The molecule has 3 unspecified atom stereocenters. The Balaban J connectivity index is 1.85. The van der Waals surface area contributed by atoms with Gasteiger partial charge in [-0.25, -0.2) is 4.39 Å². The zero-order valence-corrected chi connectivity index (χ0v) is 11.2. The summed E-state index contributed by atoms with van der Waals surface area (Å²) in [6.45, 7) is 4.54. The molecule has 0 aromatic heterocycles. The molecule has 3 rings (SSSR count). The zero-order valence-electron chi connectivity index (χ0n) is 11.2. The Hall–Kier alpha value is -1.13. The van der Waals surface area contributed by atoms with Crippen LogP contribution < -0.4 is 10.1 Å². The van der Waals surface area contributed by atoms with Crippen LogP contribution in [-0.2, 0) is 4.74 Å². The molecule has 0 saturated carbocycles. The molecule has 3 nitrogen and oxygen atoms in total. The number of benzene rings is 1. The van der Waals surface area contributed by atoms with Crippen molar-refractivity contribution in [3.63, 3.8) is 0 Å². The molecule has 1 saturated heterocycles. The second kappa shape index (κ2) is 5.47. The number of hydrogen-bond acceptors (Lipinski definition) is 3. The van der Waals surface area contributed by atoms with Crippen molar-refractivity contribution in [1.82, 2.24) is 5.32 Å². The molecule has 0 amide bonds. The first-order valence-electron chi connectivity index (χ1n) is 7.05. The summed E-state index contributed by atoms with van der Waals surface area (Å²) in [4.78, 5) is 0. The number of fused-ring (bicyclic) bond motifs is 1. The molecule has 1 fully saturated rings. The molecule has 1 N–H and O–H groups in total. The fourth-order valence-electron chi connectivity index (χ4n) is 3.04. The van der Waals surface area contributed by atoms with E-state index in [1.54, 1.807) is 12.1 Å². The van der Waals surface area contributed by atoms with Crippen molar-refractivity contribution in [2.75, 3.05) is 19.8 Å². The van der Waals surface area contributed by atoms with Crippen LogP contribution in [0.3, 0.4) is 0 Å². The van der Waals surface area contributed by atoms with E-state index in [1.807, 2.05) is 0 Å². The van der Waals surface area contributed by atoms with Crippen LogP contribution in [0.15, 0.2) is 18.2 Å². The quantitative estimate of drug-likeness (QED) is 0.911. The first-order chi connectivity index (χ1) is 9.28. The summed E-state index contributed by atoms with van der Waals surface area (Å²) in [5, 5.41) is 3.43. The predicted molar refractivity (Wildman–Crippen MR) is 70.8 cm³/mol. The summed E-state index contributed by atoms with van der Waals surface area (Å²) in [6, 6.07) is 4.98. The van der Waals surface area contributed by atoms with Crippen LogP contribution in [0.4, 0.5) is 4.39 Å². The van der Waals surface area contributed by atoms with Crippen molar-refractivity contribution in [1.29, 1.82) is 0 Å². The van der Waals surface area contributed by atoms with Crippen molar-refractivity contribution in [2.24, 2.45) is 5.92 Å².